The Morgan fingerprint density at radius 3 is 2.26 bits per heavy atom. The fourth-order valence-corrected chi connectivity index (χ4v) is 3.60. The summed E-state index contributed by atoms with van der Waals surface area (Å²) in [4.78, 5) is 0. The monoisotopic (exact) mass is 289 g/mol. The summed E-state index contributed by atoms with van der Waals surface area (Å²) < 4.78 is 51.3. The molecule has 0 atom stereocenters. The van der Waals surface area contributed by atoms with Gasteiger partial charge in [0.25, 0.3) is 5.92 Å². The minimum Gasteiger partial charge on any atom is -0.212 e. The largest absolute Gasteiger partial charge is 0.250 e. The van der Waals surface area contributed by atoms with Gasteiger partial charge in [-0.2, -0.15) is 0 Å². The van der Waals surface area contributed by atoms with E-state index in [1.54, 1.807) is 0 Å². The topological polar surface area (TPSA) is 37.4 Å². The molecule has 106 valence electrons. The van der Waals surface area contributed by atoms with E-state index >= 15 is 0 Å². The molecule has 6 heteroatoms. The van der Waals surface area contributed by atoms with Gasteiger partial charge in [0.05, 0.1) is 5.75 Å². The minimum absolute atomic E-state index is 0.0252. The molecule has 1 heterocycles. The first kappa shape index (κ1) is 14.4. The van der Waals surface area contributed by atoms with Gasteiger partial charge < -0.3 is 0 Å². The highest BCUT2D eigenvalue weighted by atomic mass is 32.2. The van der Waals surface area contributed by atoms with Crippen molar-refractivity contribution >= 4 is 10.0 Å². The van der Waals surface area contributed by atoms with Crippen LogP contribution in [0.5, 0.6) is 0 Å². The SMILES string of the molecule is O=S(=O)(CCc1ccccc1)N1CCC(F)(F)CC1. The van der Waals surface area contributed by atoms with E-state index in [0.29, 0.717) is 6.42 Å². The first-order valence-electron chi connectivity index (χ1n) is 6.29. The maximum Gasteiger partial charge on any atom is 0.250 e. The number of sulfonamides is 1. The van der Waals surface area contributed by atoms with Crippen molar-refractivity contribution in [2.45, 2.75) is 25.2 Å². The molecule has 1 saturated heterocycles. The summed E-state index contributed by atoms with van der Waals surface area (Å²) in [6.07, 6.45) is -0.342. The lowest BCUT2D eigenvalue weighted by Gasteiger charge is -2.30. The molecule has 0 radical (unpaired) electrons. The Morgan fingerprint density at radius 2 is 1.68 bits per heavy atom. The van der Waals surface area contributed by atoms with Crippen LogP contribution in [-0.4, -0.2) is 37.5 Å². The van der Waals surface area contributed by atoms with Gasteiger partial charge in [-0.3, -0.25) is 0 Å². The number of aryl methyl sites for hydroxylation is 1. The lowest BCUT2D eigenvalue weighted by Crippen LogP contribution is -2.43. The van der Waals surface area contributed by atoms with Gasteiger partial charge in [-0.05, 0) is 12.0 Å². The Hall–Kier alpha value is -1.01. The Kier molecular flexibility index (Phi) is 4.20. The zero-order chi connectivity index (χ0) is 13.9. The third-order valence-electron chi connectivity index (χ3n) is 3.34. The summed E-state index contributed by atoms with van der Waals surface area (Å²) in [6, 6.07) is 9.29. The maximum atomic E-state index is 13.0. The van der Waals surface area contributed by atoms with Gasteiger partial charge >= 0.3 is 0 Å². The molecular weight excluding hydrogens is 272 g/mol. The summed E-state index contributed by atoms with van der Waals surface area (Å²) in [5.41, 5.74) is 0.938. The molecule has 1 aliphatic rings. The highest BCUT2D eigenvalue weighted by Gasteiger charge is 2.37. The molecule has 2 rings (SSSR count). The molecule has 0 aromatic heterocycles. The number of alkyl halides is 2. The Balaban J connectivity index is 1.92. The van der Waals surface area contributed by atoms with Gasteiger partial charge in [0.2, 0.25) is 10.0 Å². The van der Waals surface area contributed by atoms with Crippen molar-refractivity contribution in [3.63, 3.8) is 0 Å². The van der Waals surface area contributed by atoms with E-state index in [1.807, 2.05) is 30.3 Å². The Labute approximate surface area is 112 Å². The predicted molar refractivity (Wildman–Crippen MR) is 69.7 cm³/mol. The third-order valence-corrected chi connectivity index (χ3v) is 5.21. The molecule has 19 heavy (non-hydrogen) atoms. The normalized spacial score (nSPS) is 20.3. The van der Waals surface area contributed by atoms with Crippen LogP contribution in [-0.2, 0) is 16.4 Å². The number of rotatable bonds is 4. The number of hydrogen-bond acceptors (Lipinski definition) is 2. The van der Waals surface area contributed by atoms with Crippen molar-refractivity contribution in [1.29, 1.82) is 0 Å². The fourth-order valence-electron chi connectivity index (χ4n) is 2.11. The Morgan fingerprint density at radius 1 is 1.11 bits per heavy atom. The fraction of sp³-hybridized carbons (Fsp3) is 0.538. The molecule has 1 aromatic rings. The lowest BCUT2D eigenvalue weighted by molar-refractivity contribution is -0.0411. The van der Waals surface area contributed by atoms with Crippen molar-refractivity contribution in [2.24, 2.45) is 0 Å². The van der Waals surface area contributed by atoms with E-state index < -0.39 is 15.9 Å². The maximum absolute atomic E-state index is 13.0. The summed E-state index contributed by atoms with van der Waals surface area (Å²) in [6.45, 7) is -0.158. The van der Waals surface area contributed by atoms with Crippen molar-refractivity contribution in [1.82, 2.24) is 4.31 Å². The van der Waals surface area contributed by atoms with Crippen LogP contribution < -0.4 is 0 Å². The van der Waals surface area contributed by atoms with Gasteiger partial charge in [0.1, 0.15) is 0 Å². The molecule has 3 nitrogen and oxygen atoms in total. The minimum atomic E-state index is -3.43. The van der Waals surface area contributed by atoms with Gasteiger partial charge in [0, 0.05) is 25.9 Å². The standard InChI is InChI=1S/C13H17F2NO2S/c14-13(15)7-9-16(10-8-13)19(17,18)11-6-12-4-2-1-3-5-12/h1-5H,6-11H2. The molecule has 1 aromatic carbocycles. The van der Waals surface area contributed by atoms with Crippen LogP contribution in [0.15, 0.2) is 30.3 Å². The van der Waals surface area contributed by atoms with Crippen LogP contribution >= 0.6 is 0 Å². The van der Waals surface area contributed by atoms with Crippen LogP contribution in [0, 0.1) is 0 Å². The smallest absolute Gasteiger partial charge is 0.212 e. The van der Waals surface area contributed by atoms with Crippen LogP contribution in [0.3, 0.4) is 0 Å². The summed E-state index contributed by atoms with van der Waals surface area (Å²) >= 11 is 0. The van der Waals surface area contributed by atoms with E-state index in [1.165, 1.54) is 4.31 Å². The molecule has 1 aliphatic heterocycles. The zero-order valence-corrected chi connectivity index (χ0v) is 11.4. The van der Waals surface area contributed by atoms with Crippen LogP contribution in [0.1, 0.15) is 18.4 Å². The van der Waals surface area contributed by atoms with Crippen molar-refractivity contribution in [2.75, 3.05) is 18.8 Å². The second-order valence-corrected chi connectivity index (χ2v) is 6.90. The molecule has 0 N–H and O–H groups in total. The van der Waals surface area contributed by atoms with Crippen LogP contribution in [0.25, 0.3) is 0 Å². The molecule has 0 unspecified atom stereocenters. The van der Waals surface area contributed by atoms with Crippen LogP contribution in [0.4, 0.5) is 8.78 Å². The molecule has 0 spiro atoms. The number of nitrogens with zero attached hydrogens (tertiary/aromatic N) is 1. The molecule has 0 saturated carbocycles. The van der Waals surface area contributed by atoms with Crippen LogP contribution in [0.2, 0.25) is 0 Å². The van der Waals surface area contributed by atoms with Crippen molar-refractivity contribution in [3.05, 3.63) is 35.9 Å². The first-order chi connectivity index (χ1) is 8.89. The average molecular weight is 289 g/mol. The second kappa shape index (κ2) is 5.54. The highest BCUT2D eigenvalue weighted by Crippen LogP contribution is 2.29. The quantitative estimate of drug-likeness (QED) is 0.853. The summed E-state index contributed by atoms with van der Waals surface area (Å²) in [5, 5.41) is 0. The second-order valence-electron chi connectivity index (χ2n) is 4.81. The number of benzene rings is 1. The number of piperidine rings is 1. The van der Waals surface area contributed by atoms with E-state index in [9.17, 15) is 17.2 Å². The zero-order valence-electron chi connectivity index (χ0n) is 10.6. The molecule has 0 bridgehead atoms. The van der Waals surface area contributed by atoms with Gasteiger partial charge in [-0.1, -0.05) is 30.3 Å². The predicted octanol–water partition coefficient (Wildman–Crippen LogP) is 2.29. The highest BCUT2D eigenvalue weighted by molar-refractivity contribution is 7.89. The van der Waals surface area contributed by atoms with Crippen molar-refractivity contribution < 1.29 is 17.2 Å². The molecule has 0 amide bonds. The van der Waals surface area contributed by atoms with Gasteiger partial charge in [-0.15, -0.1) is 0 Å². The first-order valence-corrected chi connectivity index (χ1v) is 7.90. The van der Waals surface area contributed by atoms with Gasteiger partial charge in [0.15, 0.2) is 0 Å². The third kappa shape index (κ3) is 3.98. The molecule has 1 fully saturated rings. The summed E-state index contributed by atoms with van der Waals surface area (Å²) in [7, 11) is -3.43. The number of halogens is 2. The van der Waals surface area contributed by atoms with Crippen molar-refractivity contribution in [3.8, 4) is 0 Å². The van der Waals surface area contributed by atoms with Gasteiger partial charge in [-0.25, -0.2) is 21.5 Å². The number of hydrogen-bond donors (Lipinski definition) is 0. The Bertz CT molecular complexity index is 507. The lowest BCUT2D eigenvalue weighted by atomic mass is 10.1. The van der Waals surface area contributed by atoms with E-state index in [4.69, 9.17) is 0 Å². The summed E-state index contributed by atoms with van der Waals surface area (Å²) in [5.74, 6) is -2.74. The van der Waals surface area contributed by atoms with E-state index in [2.05, 4.69) is 0 Å². The van der Waals surface area contributed by atoms with E-state index in [0.717, 1.165) is 5.56 Å². The average Bonchev–Trinajstić information content (AvgIpc) is 2.37. The van der Waals surface area contributed by atoms with E-state index in [-0.39, 0.29) is 31.7 Å². The molecular formula is C13H17F2NO2S. The molecule has 0 aliphatic carbocycles.